The molecule has 1 aromatic rings. The molecule has 0 aromatic heterocycles. The molecule has 0 aliphatic carbocycles. The third-order valence-corrected chi connectivity index (χ3v) is 4.37. The Kier molecular flexibility index (Phi) is 7.72. The van der Waals surface area contributed by atoms with Gasteiger partial charge in [0, 0.05) is 53.4 Å². The number of piperazine rings is 1. The zero-order valence-electron chi connectivity index (χ0n) is 16.0. The molecule has 2 rings (SSSR count). The van der Waals surface area contributed by atoms with E-state index in [0.29, 0.717) is 39.3 Å². The van der Waals surface area contributed by atoms with Gasteiger partial charge in [-0.3, -0.25) is 0 Å². The Bertz CT molecular complexity index is 598. The van der Waals surface area contributed by atoms with E-state index >= 15 is 0 Å². The van der Waals surface area contributed by atoms with Crippen molar-refractivity contribution in [1.29, 1.82) is 0 Å². The lowest BCUT2D eigenvalue weighted by Crippen LogP contribution is -2.54. The summed E-state index contributed by atoms with van der Waals surface area (Å²) >= 11 is 0. The van der Waals surface area contributed by atoms with Crippen molar-refractivity contribution >= 4 is 12.1 Å². The molecule has 1 N–H and O–H groups in total. The fourth-order valence-corrected chi connectivity index (χ4v) is 2.86. The summed E-state index contributed by atoms with van der Waals surface area (Å²) in [5, 5.41) is 2.98. The van der Waals surface area contributed by atoms with E-state index in [1.54, 1.807) is 28.8 Å². The number of nitrogens with zero attached hydrogens (tertiary/aromatic N) is 3. The third kappa shape index (κ3) is 5.62. The lowest BCUT2D eigenvalue weighted by Gasteiger charge is -2.35. The van der Waals surface area contributed by atoms with Crippen LogP contribution in [0.2, 0.25) is 0 Å². The van der Waals surface area contributed by atoms with Crippen molar-refractivity contribution in [3.63, 3.8) is 0 Å². The maximum absolute atomic E-state index is 12.4. The van der Waals surface area contributed by atoms with Crippen molar-refractivity contribution in [2.75, 3.05) is 46.9 Å². The molecule has 7 nitrogen and oxygen atoms in total. The van der Waals surface area contributed by atoms with Crippen molar-refractivity contribution in [3.8, 4) is 0 Å². The predicted octanol–water partition coefficient (Wildman–Crippen LogP) is 2.12. The van der Waals surface area contributed by atoms with Gasteiger partial charge in [-0.15, -0.1) is 0 Å². The Hall–Kier alpha value is -2.28. The van der Waals surface area contributed by atoms with E-state index < -0.39 is 0 Å². The monoisotopic (exact) mass is 362 g/mol. The van der Waals surface area contributed by atoms with Gasteiger partial charge in [-0.05, 0) is 17.5 Å². The Morgan fingerprint density at radius 3 is 2.31 bits per heavy atom. The zero-order chi connectivity index (χ0) is 18.9. The average molecular weight is 362 g/mol. The molecule has 7 heteroatoms. The van der Waals surface area contributed by atoms with E-state index in [1.807, 2.05) is 24.3 Å². The van der Waals surface area contributed by atoms with E-state index in [9.17, 15) is 9.59 Å². The second kappa shape index (κ2) is 10.0. The largest absolute Gasteiger partial charge is 0.377 e. The minimum Gasteiger partial charge on any atom is -0.377 e. The van der Waals surface area contributed by atoms with Crippen LogP contribution >= 0.6 is 0 Å². The number of benzene rings is 1. The molecule has 1 aliphatic heterocycles. The smallest absolute Gasteiger partial charge is 0.319 e. The number of hydrogen-bond donors (Lipinski definition) is 1. The van der Waals surface area contributed by atoms with Crippen LogP contribution in [-0.2, 0) is 17.9 Å². The van der Waals surface area contributed by atoms with Crippen LogP contribution in [-0.4, -0.2) is 73.6 Å². The van der Waals surface area contributed by atoms with Gasteiger partial charge in [-0.2, -0.15) is 0 Å². The van der Waals surface area contributed by atoms with Gasteiger partial charge in [0.05, 0.1) is 6.61 Å². The van der Waals surface area contributed by atoms with Gasteiger partial charge in [-0.25, -0.2) is 9.59 Å². The standard InChI is InChI=1S/C19H30N4O3/c1-4-13-26-15-17-8-6-5-7-16(17)14-20-18(24)22-9-11-23(12-10-22)19(25)21(2)3/h5-8H,4,9-15H2,1-3H3,(H,20,24). The minimum absolute atomic E-state index is 0.00827. The first-order chi connectivity index (χ1) is 12.5. The Morgan fingerprint density at radius 2 is 1.69 bits per heavy atom. The van der Waals surface area contributed by atoms with E-state index in [0.717, 1.165) is 24.2 Å². The molecule has 1 aromatic carbocycles. The first-order valence-corrected chi connectivity index (χ1v) is 9.16. The zero-order valence-corrected chi connectivity index (χ0v) is 16.0. The van der Waals surface area contributed by atoms with Crippen molar-refractivity contribution in [2.45, 2.75) is 26.5 Å². The fraction of sp³-hybridized carbons (Fsp3) is 0.579. The van der Waals surface area contributed by atoms with Gasteiger partial charge in [0.15, 0.2) is 0 Å². The molecule has 26 heavy (non-hydrogen) atoms. The maximum Gasteiger partial charge on any atom is 0.319 e. The number of rotatable bonds is 6. The topological polar surface area (TPSA) is 65.1 Å². The molecule has 1 fully saturated rings. The van der Waals surface area contributed by atoms with Gasteiger partial charge in [0.2, 0.25) is 0 Å². The summed E-state index contributed by atoms with van der Waals surface area (Å²) in [4.78, 5) is 29.5. The molecular formula is C19H30N4O3. The summed E-state index contributed by atoms with van der Waals surface area (Å²) in [6, 6.07) is 7.90. The number of ether oxygens (including phenoxy) is 1. The van der Waals surface area contributed by atoms with Crippen LogP contribution in [0.1, 0.15) is 24.5 Å². The first-order valence-electron chi connectivity index (χ1n) is 9.16. The van der Waals surface area contributed by atoms with Crippen LogP contribution < -0.4 is 5.32 Å². The molecule has 1 saturated heterocycles. The van der Waals surface area contributed by atoms with Crippen LogP contribution in [0, 0.1) is 0 Å². The second-order valence-corrected chi connectivity index (χ2v) is 6.63. The molecule has 0 radical (unpaired) electrons. The molecule has 0 bridgehead atoms. The van der Waals surface area contributed by atoms with Crippen LogP contribution in [0.25, 0.3) is 0 Å². The lowest BCUT2D eigenvalue weighted by atomic mass is 10.1. The van der Waals surface area contributed by atoms with E-state index in [2.05, 4.69) is 12.2 Å². The molecule has 0 saturated carbocycles. The maximum atomic E-state index is 12.4. The van der Waals surface area contributed by atoms with Crippen molar-refractivity contribution in [1.82, 2.24) is 20.0 Å². The van der Waals surface area contributed by atoms with Gasteiger partial charge < -0.3 is 24.8 Å². The molecule has 1 aliphatic rings. The number of hydrogen-bond acceptors (Lipinski definition) is 3. The van der Waals surface area contributed by atoms with Crippen LogP contribution in [0.5, 0.6) is 0 Å². The van der Waals surface area contributed by atoms with Crippen LogP contribution in [0.15, 0.2) is 24.3 Å². The van der Waals surface area contributed by atoms with Crippen molar-refractivity contribution < 1.29 is 14.3 Å². The predicted molar refractivity (Wildman–Crippen MR) is 101 cm³/mol. The summed E-state index contributed by atoms with van der Waals surface area (Å²) in [5.41, 5.74) is 2.17. The quantitative estimate of drug-likeness (QED) is 0.789. The molecule has 0 unspecified atom stereocenters. The highest BCUT2D eigenvalue weighted by molar-refractivity contribution is 5.76. The number of amides is 4. The molecule has 0 atom stereocenters. The van der Waals surface area contributed by atoms with Gasteiger partial charge in [0.25, 0.3) is 0 Å². The summed E-state index contributed by atoms with van der Waals surface area (Å²) in [7, 11) is 3.48. The highest BCUT2D eigenvalue weighted by Gasteiger charge is 2.24. The van der Waals surface area contributed by atoms with E-state index in [1.165, 1.54) is 0 Å². The highest BCUT2D eigenvalue weighted by atomic mass is 16.5. The normalized spacial score (nSPS) is 14.3. The van der Waals surface area contributed by atoms with Crippen LogP contribution in [0.4, 0.5) is 9.59 Å². The highest BCUT2D eigenvalue weighted by Crippen LogP contribution is 2.11. The number of carbonyl (C=O) groups is 2. The number of carbonyl (C=O) groups excluding carboxylic acids is 2. The Balaban J connectivity index is 1.82. The molecule has 144 valence electrons. The van der Waals surface area contributed by atoms with Crippen LogP contribution in [0.3, 0.4) is 0 Å². The van der Waals surface area contributed by atoms with Gasteiger partial charge >= 0.3 is 12.1 Å². The average Bonchev–Trinajstić information content (AvgIpc) is 2.66. The third-order valence-electron chi connectivity index (χ3n) is 4.37. The fourth-order valence-electron chi connectivity index (χ4n) is 2.86. The van der Waals surface area contributed by atoms with Crippen molar-refractivity contribution in [3.05, 3.63) is 35.4 Å². The molecule has 1 heterocycles. The second-order valence-electron chi connectivity index (χ2n) is 6.63. The van der Waals surface area contributed by atoms with E-state index in [4.69, 9.17) is 4.74 Å². The minimum atomic E-state index is -0.0915. The Morgan fingerprint density at radius 1 is 1.08 bits per heavy atom. The summed E-state index contributed by atoms with van der Waals surface area (Å²) in [6.07, 6.45) is 0.987. The summed E-state index contributed by atoms with van der Waals surface area (Å²) < 4.78 is 5.62. The molecule has 0 spiro atoms. The van der Waals surface area contributed by atoms with E-state index in [-0.39, 0.29) is 12.1 Å². The lowest BCUT2D eigenvalue weighted by molar-refractivity contribution is 0.120. The Labute approximate surface area is 155 Å². The first kappa shape index (κ1) is 20.0. The molecule has 4 amide bonds. The molecular weight excluding hydrogens is 332 g/mol. The summed E-state index contributed by atoms with van der Waals surface area (Å²) in [6.45, 7) is 6.07. The van der Waals surface area contributed by atoms with Crippen molar-refractivity contribution in [2.24, 2.45) is 0 Å². The van der Waals surface area contributed by atoms with Gasteiger partial charge in [-0.1, -0.05) is 31.2 Å². The number of urea groups is 2. The number of nitrogens with one attached hydrogen (secondary N) is 1. The summed E-state index contributed by atoms with van der Waals surface area (Å²) in [5.74, 6) is 0. The van der Waals surface area contributed by atoms with Gasteiger partial charge in [0.1, 0.15) is 0 Å². The SMILES string of the molecule is CCCOCc1ccccc1CNC(=O)N1CCN(C(=O)N(C)C)CC1.